The number of benzene rings is 2. The number of nitrogens with one attached hydrogen (secondary N) is 2. The minimum Gasteiger partial charge on any atom is -0.361 e. The Kier molecular flexibility index (Phi) is 4.83. The van der Waals surface area contributed by atoms with Crippen LogP contribution in [0.1, 0.15) is 0 Å². The molecule has 0 amide bonds. The number of para-hydroxylation sites is 2. The minimum atomic E-state index is 1.21. The molecule has 0 saturated heterocycles. The fraction of sp³-hybridized carbons (Fsp3) is 0. The molecule has 0 atom stereocenters. The molecule has 2 aromatic carbocycles. The average molecular weight is 304 g/mol. The van der Waals surface area contributed by atoms with Crippen LogP contribution in [0.5, 0.6) is 0 Å². The summed E-state index contributed by atoms with van der Waals surface area (Å²) in [6, 6.07) is 20.6. The molecule has 0 saturated carbocycles. The highest BCUT2D eigenvalue weighted by atomic mass is 16.5. The van der Waals surface area contributed by atoms with Crippen molar-refractivity contribution in [3.8, 4) is 0 Å². The molecule has 0 aliphatic heterocycles. The van der Waals surface area contributed by atoms with Gasteiger partial charge >= 0.3 is 0 Å². The van der Waals surface area contributed by atoms with Gasteiger partial charge in [0.05, 0.1) is 6.20 Å². The van der Waals surface area contributed by atoms with E-state index in [2.05, 4.69) is 61.3 Å². The van der Waals surface area contributed by atoms with Crippen LogP contribution < -0.4 is 0 Å². The van der Waals surface area contributed by atoms with Crippen molar-refractivity contribution in [1.29, 1.82) is 0 Å². The zero-order valence-corrected chi connectivity index (χ0v) is 12.4. The van der Waals surface area contributed by atoms with Gasteiger partial charge in [0.1, 0.15) is 6.26 Å². The molecule has 3 aromatic heterocycles. The van der Waals surface area contributed by atoms with Crippen molar-refractivity contribution in [2.75, 3.05) is 0 Å². The minimum absolute atomic E-state index is 1.21. The molecule has 2 N–H and O–H groups in total. The van der Waals surface area contributed by atoms with E-state index in [9.17, 15) is 0 Å². The van der Waals surface area contributed by atoms with E-state index in [1.165, 1.54) is 34.3 Å². The van der Waals surface area contributed by atoms with Gasteiger partial charge in [0.15, 0.2) is 0 Å². The number of fused-ring (bicyclic) bond motifs is 2. The molecule has 5 nitrogen and oxygen atoms in total. The predicted octanol–water partition coefficient (Wildman–Crippen LogP) is 4.41. The quantitative estimate of drug-likeness (QED) is 0.445. The highest BCUT2D eigenvalue weighted by molar-refractivity contribution is 5.79. The first kappa shape index (κ1) is 14.6. The van der Waals surface area contributed by atoms with Gasteiger partial charge < -0.3 is 14.5 Å². The molecule has 23 heavy (non-hydrogen) atoms. The van der Waals surface area contributed by atoms with Crippen LogP contribution in [0.4, 0.5) is 0 Å². The van der Waals surface area contributed by atoms with Crippen LogP contribution in [0, 0.1) is 0 Å². The summed E-state index contributed by atoms with van der Waals surface area (Å²) >= 11 is 0. The Morgan fingerprint density at radius 1 is 0.696 bits per heavy atom. The number of hydrogen-bond donors (Lipinski definition) is 2. The fourth-order valence-corrected chi connectivity index (χ4v) is 2.13. The first-order valence-electron chi connectivity index (χ1n) is 7.19. The van der Waals surface area contributed by atoms with Crippen LogP contribution in [-0.4, -0.2) is 20.3 Å². The van der Waals surface area contributed by atoms with E-state index in [4.69, 9.17) is 0 Å². The third-order valence-corrected chi connectivity index (χ3v) is 3.21. The summed E-state index contributed by atoms with van der Waals surface area (Å²) in [6.07, 6.45) is 6.77. The highest BCUT2D eigenvalue weighted by Crippen LogP contribution is 2.09. The molecule has 5 rings (SSSR count). The van der Waals surface area contributed by atoms with Gasteiger partial charge in [-0.05, 0) is 35.0 Å². The van der Waals surface area contributed by atoms with Gasteiger partial charge in [-0.3, -0.25) is 0 Å². The second kappa shape index (κ2) is 7.61. The van der Waals surface area contributed by atoms with Crippen molar-refractivity contribution in [3.05, 3.63) is 85.5 Å². The van der Waals surface area contributed by atoms with E-state index >= 15 is 0 Å². The Morgan fingerprint density at radius 3 is 1.65 bits per heavy atom. The third-order valence-electron chi connectivity index (χ3n) is 3.21. The number of aromatic nitrogens is 4. The molecule has 0 bridgehead atoms. The van der Waals surface area contributed by atoms with Crippen molar-refractivity contribution in [3.63, 3.8) is 0 Å². The topological polar surface area (TPSA) is 70.5 Å². The number of hydrogen-bond acceptors (Lipinski definition) is 3. The van der Waals surface area contributed by atoms with Crippen LogP contribution in [0.2, 0.25) is 0 Å². The van der Waals surface area contributed by atoms with Gasteiger partial charge in [0.2, 0.25) is 0 Å². The molecule has 0 aliphatic rings. The van der Waals surface area contributed by atoms with Crippen molar-refractivity contribution < 1.29 is 4.52 Å². The lowest BCUT2D eigenvalue weighted by atomic mass is 10.3. The van der Waals surface area contributed by atoms with Crippen LogP contribution in [0.3, 0.4) is 0 Å². The Morgan fingerprint density at radius 2 is 1.26 bits per heavy atom. The van der Waals surface area contributed by atoms with Crippen molar-refractivity contribution >= 4 is 21.8 Å². The zero-order chi connectivity index (χ0) is 15.7. The summed E-state index contributed by atoms with van der Waals surface area (Å²) in [5.74, 6) is 0. The van der Waals surface area contributed by atoms with Crippen LogP contribution in [0.25, 0.3) is 21.8 Å². The van der Waals surface area contributed by atoms with Gasteiger partial charge in [-0.2, -0.15) is 0 Å². The predicted molar refractivity (Wildman–Crippen MR) is 90.9 cm³/mol. The Hall–Kier alpha value is -3.34. The van der Waals surface area contributed by atoms with Crippen LogP contribution >= 0.6 is 0 Å². The summed E-state index contributed by atoms with van der Waals surface area (Å²) in [5.41, 5.74) is 2.41. The Balaban J connectivity index is 0.000000107. The zero-order valence-electron chi connectivity index (χ0n) is 12.4. The van der Waals surface area contributed by atoms with E-state index in [0.717, 1.165) is 0 Å². The average Bonchev–Trinajstić information content (AvgIpc) is 3.37. The van der Waals surface area contributed by atoms with E-state index in [1.54, 1.807) is 0 Å². The number of rotatable bonds is 0. The Bertz CT molecular complexity index is 794. The lowest BCUT2D eigenvalue weighted by Crippen LogP contribution is -1.61. The largest absolute Gasteiger partial charge is 0.361 e. The first-order valence-corrected chi connectivity index (χ1v) is 7.19. The summed E-state index contributed by atoms with van der Waals surface area (Å²) in [4.78, 5) is 6.24. The molecule has 0 radical (unpaired) electrons. The highest BCUT2D eigenvalue weighted by Gasteiger charge is 1.87. The lowest BCUT2D eigenvalue weighted by Gasteiger charge is -1.83. The van der Waals surface area contributed by atoms with Crippen LogP contribution in [0.15, 0.2) is 90.0 Å². The first-order chi connectivity index (χ1) is 11.4. The molecule has 0 spiro atoms. The second-order valence-electron chi connectivity index (χ2n) is 4.72. The number of nitrogens with zero attached hydrogens (tertiary/aromatic N) is 2. The van der Waals surface area contributed by atoms with E-state index < -0.39 is 0 Å². The van der Waals surface area contributed by atoms with Crippen molar-refractivity contribution in [2.45, 2.75) is 0 Å². The van der Waals surface area contributed by atoms with Gasteiger partial charge in [0.25, 0.3) is 0 Å². The summed E-state index contributed by atoms with van der Waals surface area (Å²) in [6.45, 7) is 0. The maximum Gasteiger partial charge on any atom is 0.144 e. The van der Waals surface area contributed by atoms with Crippen molar-refractivity contribution in [2.24, 2.45) is 0 Å². The van der Waals surface area contributed by atoms with Crippen LogP contribution in [-0.2, 0) is 0 Å². The molecular weight excluding hydrogens is 288 g/mol. The summed E-state index contributed by atoms with van der Waals surface area (Å²) < 4.78 is 4.22. The van der Waals surface area contributed by atoms with E-state index in [0.29, 0.717) is 0 Å². The van der Waals surface area contributed by atoms with E-state index in [1.807, 2.05) is 36.7 Å². The van der Waals surface area contributed by atoms with Gasteiger partial charge in [-0.15, -0.1) is 5.10 Å². The second-order valence-corrected chi connectivity index (χ2v) is 4.72. The fourth-order valence-electron chi connectivity index (χ4n) is 2.13. The SMILES string of the molecule is c1ccc2[nH]ccc2c1.c1ccc2[nH]ccc2c1.c1conn1. The lowest BCUT2D eigenvalue weighted by molar-refractivity contribution is 0.393. The van der Waals surface area contributed by atoms with Gasteiger partial charge in [0, 0.05) is 28.7 Å². The van der Waals surface area contributed by atoms with Gasteiger partial charge in [-0.1, -0.05) is 36.4 Å². The Labute approximate surface area is 132 Å². The standard InChI is InChI=1S/2C8H7N.C2H2N2O/c2*1-2-4-8-7(3-1)5-6-9-8;1-2-5-4-3-1/h2*1-6,9H;1-2H. The molecule has 114 valence electrons. The maximum atomic E-state index is 4.22. The smallest absolute Gasteiger partial charge is 0.144 e. The number of H-pyrrole nitrogens is 2. The van der Waals surface area contributed by atoms with E-state index in [-0.39, 0.29) is 0 Å². The summed E-state index contributed by atoms with van der Waals surface area (Å²) in [7, 11) is 0. The monoisotopic (exact) mass is 304 g/mol. The molecular formula is C18H16N4O. The molecule has 3 heterocycles. The molecule has 0 unspecified atom stereocenters. The third kappa shape index (κ3) is 4.07. The molecule has 0 fully saturated rings. The van der Waals surface area contributed by atoms with Gasteiger partial charge in [-0.25, -0.2) is 0 Å². The molecule has 5 aromatic rings. The molecule has 0 aliphatic carbocycles. The summed E-state index contributed by atoms with van der Waals surface area (Å²) in [5, 5.41) is 8.95. The van der Waals surface area contributed by atoms with Crippen molar-refractivity contribution in [1.82, 2.24) is 20.3 Å². The maximum absolute atomic E-state index is 4.22. The normalized spacial score (nSPS) is 9.74. The molecule has 5 heteroatoms. The number of aromatic amines is 2.